The molecule has 0 saturated carbocycles. The Kier molecular flexibility index (Phi) is 5.77. The van der Waals surface area contributed by atoms with Crippen LogP contribution in [0.2, 0.25) is 0 Å². The summed E-state index contributed by atoms with van der Waals surface area (Å²) >= 11 is 3.53. The molecular weight excluding hydrogens is 608 g/mol. The van der Waals surface area contributed by atoms with E-state index in [0.29, 0.717) is 36.3 Å². The van der Waals surface area contributed by atoms with Gasteiger partial charge in [-0.1, -0.05) is 65.3 Å². The van der Waals surface area contributed by atoms with Crippen molar-refractivity contribution in [1.82, 2.24) is 25.3 Å². The first-order valence-corrected chi connectivity index (χ1v) is 14.9. The molecule has 43 heavy (non-hydrogen) atoms. The molecule has 1 aliphatic heterocycles. The van der Waals surface area contributed by atoms with Crippen molar-refractivity contribution in [1.29, 1.82) is 0 Å². The summed E-state index contributed by atoms with van der Waals surface area (Å²) in [5.74, 6) is 0.638. The molecule has 0 bridgehead atoms. The van der Waals surface area contributed by atoms with Gasteiger partial charge in [0.05, 0.1) is 30.6 Å². The van der Waals surface area contributed by atoms with Gasteiger partial charge in [-0.05, 0) is 29.3 Å². The molecule has 0 radical (unpaired) electrons. The van der Waals surface area contributed by atoms with Gasteiger partial charge in [-0.25, -0.2) is 9.98 Å². The van der Waals surface area contributed by atoms with E-state index in [0.717, 1.165) is 54.3 Å². The molecule has 8 rings (SSSR count). The predicted octanol–water partition coefficient (Wildman–Crippen LogP) is 6.33. The van der Waals surface area contributed by atoms with E-state index in [4.69, 9.17) is 19.5 Å². The van der Waals surface area contributed by atoms with Crippen molar-refractivity contribution in [3.63, 3.8) is 0 Å². The maximum atomic E-state index is 13.8. The molecule has 6 aromatic rings. The fourth-order valence-electron chi connectivity index (χ4n) is 6.54. The molecule has 214 valence electrons. The molecule has 3 aromatic heterocycles. The Morgan fingerprint density at radius 1 is 1.05 bits per heavy atom. The van der Waals surface area contributed by atoms with Crippen molar-refractivity contribution >= 4 is 43.8 Å². The minimum atomic E-state index is -0.764. The normalized spacial score (nSPS) is 18.9. The van der Waals surface area contributed by atoms with Gasteiger partial charge in [0.2, 0.25) is 0 Å². The van der Waals surface area contributed by atoms with E-state index in [1.54, 1.807) is 7.11 Å². The van der Waals surface area contributed by atoms with Gasteiger partial charge < -0.3 is 29.7 Å². The van der Waals surface area contributed by atoms with Crippen LogP contribution in [0, 0.1) is 0 Å². The Bertz CT molecular complexity index is 2150. The van der Waals surface area contributed by atoms with Gasteiger partial charge in [0, 0.05) is 50.2 Å². The van der Waals surface area contributed by atoms with Crippen LogP contribution in [-0.2, 0) is 16.9 Å². The monoisotopic (exact) mass is 634 g/mol. The van der Waals surface area contributed by atoms with Crippen molar-refractivity contribution < 1.29 is 9.47 Å². The third kappa shape index (κ3) is 3.86. The van der Waals surface area contributed by atoms with Crippen LogP contribution in [0.4, 0.5) is 0 Å². The van der Waals surface area contributed by atoms with Crippen molar-refractivity contribution in [2.45, 2.75) is 25.0 Å². The highest BCUT2D eigenvalue weighted by molar-refractivity contribution is 9.10. The minimum absolute atomic E-state index is 0.101. The smallest absolute Gasteiger partial charge is 0.285 e. The standard InChI is InChI=1S/C33H27BrN6O3/c1-17-20-10-11-25(43-15-18-6-4-3-5-7-18)29-26(20)23(14-36-29)27-30(33(17)16-37-32(40-33)42-2)38-28(31(41)39-27)22-13-35-24-12-19(34)8-9-21(22)24/h3-14,17,35-36H,15-16H2,1-2H3,(H,37,40)(H,39,41)/t17-,33-/m0/s1. The van der Waals surface area contributed by atoms with Gasteiger partial charge in [0.25, 0.3) is 11.6 Å². The first kappa shape index (κ1) is 25.8. The third-order valence-corrected chi connectivity index (χ3v) is 9.27. The van der Waals surface area contributed by atoms with Crippen LogP contribution >= 0.6 is 15.9 Å². The van der Waals surface area contributed by atoms with E-state index in [1.165, 1.54) is 0 Å². The predicted molar refractivity (Wildman–Crippen MR) is 170 cm³/mol. The Balaban J connectivity index is 1.34. The first-order chi connectivity index (χ1) is 21.0. The number of rotatable bonds is 4. The van der Waals surface area contributed by atoms with Crippen molar-refractivity contribution in [3.05, 3.63) is 105 Å². The highest BCUT2D eigenvalue weighted by Gasteiger charge is 2.49. The lowest BCUT2D eigenvalue weighted by Crippen LogP contribution is -2.48. The number of methoxy groups -OCH3 is 1. The van der Waals surface area contributed by atoms with E-state index >= 15 is 0 Å². The number of amidine groups is 1. The molecule has 0 fully saturated rings. The van der Waals surface area contributed by atoms with Crippen LogP contribution in [0.1, 0.15) is 29.7 Å². The maximum Gasteiger partial charge on any atom is 0.285 e. The molecule has 2 aliphatic rings. The number of halogens is 1. The lowest BCUT2D eigenvalue weighted by molar-refractivity contribution is 0.308. The number of nitrogens with zero attached hydrogens (tertiary/aromatic N) is 2. The van der Waals surface area contributed by atoms with Crippen LogP contribution in [0.25, 0.3) is 44.3 Å². The number of aromatic nitrogens is 4. The lowest BCUT2D eigenvalue weighted by Gasteiger charge is -2.35. The second-order valence-electron chi connectivity index (χ2n) is 11.1. The lowest BCUT2D eigenvalue weighted by atomic mass is 9.78. The molecule has 2 atom stereocenters. The van der Waals surface area contributed by atoms with Crippen LogP contribution < -0.4 is 15.6 Å². The number of hydrogen-bond acceptors (Lipinski definition) is 6. The summed E-state index contributed by atoms with van der Waals surface area (Å²) in [6, 6.07) is 20.6. The zero-order valence-corrected chi connectivity index (χ0v) is 25.0. The Morgan fingerprint density at radius 3 is 2.70 bits per heavy atom. The summed E-state index contributed by atoms with van der Waals surface area (Å²) in [4.78, 5) is 33.7. The van der Waals surface area contributed by atoms with Crippen LogP contribution in [0.15, 0.2) is 87.3 Å². The summed E-state index contributed by atoms with van der Waals surface area (Å²) in [5.41, 5.74) is 6.22. The SMILES string of the molecule is COC1=NC[C@@]2(N1)c1nc(-c3c[nH]c4cc(Br)ccc34)c(=O)[nH]c1-c1c[nH]c3c(OCc4ccccc4)ccc(c13)[C@@H]2C. The van der Waals surface area contributed by atoms with E-state index in [9.17, 15) is 4.79 Å². The van der Waals surface area contributed by atoms with Gasteiger partial charge in [-0.3, -0.25) is 4.79 Å². The molecule has 1 spiro atoms. The van der Waals surface area contributed by atoms with E-state index < -0.39 is 5.54 Å². The average Bonchev–Trinajstić information content (AvgIpc) is 3.76. The molecule has 0 amide bonds. The number of aliphatic imine (C=N–C) groups is 1. The zero-order valence-electron chi connectivity index (χ0n) is 23.4. The van der Waals surface area contributed by atoms with Crippen LogP contribution in [0.5, 0.6) is 5.75 Å². The highest BCUT2D eigenvalue weighted by atomic mass is 79.9. The van der Waals surface area contributed by atoms with Gasteiger partial charge in [-0.15, -0.1) is 0 Å². The number of benzene rings is 3. The zero-order chi connectivity index (χ0) is 29.3. The molecule has 9 nitrogen and oxygen atoms in total. The molecule has 10 heteroatoms. The molecule has 4 heterocycles. The molecule has 0 unspecified atom stereocenters. The number of nitrogens with one attached hydrogen (secondary N) is 4. The third-order valence-electron chi connectivity index (χ3n) is 8.77. The van der Waals surface area contributed by atoms with Crippen LogP contribution in [0.3, 0.4) is 0 Å². The number of ether oxygens (including phenoxy) is 2. The van der Waals surface area contributed by atoms with Gasteiger partial charge in [-0.2, -0.15) is 0 Å². The number of fused-ring (bicyclic) bond motifs is 4. The second-order valence-corrected chi connectivity index (χ2v) is 12.0. The van der Waals surface area contributed by atoms with Crippen LogP contribution in [-0.4, -0.2) is 39.6 Å². The molecular formula is C33H27BrN6O3. The minimum Gasteiger partial charge on any atom is -0.487 e. The summed E-state index contributed by atoms with van der Waals surface area (Å²) in [6.07, 6.45) is 3.77. The van der Waals surface area contributed by atoms with E-state index in [2.05, 4.69) is 49.2 Å². The summed E-state index contributed by atoms with van der Waals surface area (Å²) < 4.78 is 12.8. The van der Waals surface area contributed by atoms with Crippen molar-refractivity contribution in [3.8, 4) is 28.3 Å². The largest absolute Gasteiger partial charge is 0.487 e. The Hall–Kier alpha value is -4.83. The molecule has 1 aliphatic carbocycles. The summed E-state index contributed by atoms with van der Waals surface area (Å²) in [7, 11) is 1.60. The quantitative estimate of drug-likeness (QED) is 0.181. The van der Waals surface area contributed by atoms with Crippen molar-refractivity contribution in [2.24, 2.45) is 4.99 Å². The molecule has 4 N–H and O–H groups in total. The van der Waals surface area contributed by atoms with E-state index in [1.807, 2.05) is 67.0 Å². The summed E-state index contributed by atoms with van der Waals surface area (Å²) in [6.45, 7) is 3.00. The van der Waals surface area contributed by atoms with Gasteiger partial charge in [0.15, 0.2) is 0 Å². The number of hydrogen-bond donors (Lipinski definition) is 4. The Morgan fingerprint density at radius 2 is 1.88 bits per heavy atom. The van der Waals surface area contributed by atoms with Crippen molar-refractivity contribution in [2.75, 3.05) is 13.7 Å². The average molecular weight is 636 g/mol. The highest BCUT2D eigenvalue weighted by Crippen LogP contribution is 2.50. The summed E-state index contributed by atoms with van der Waals surface area (Å²) in [5, 5.41) is 5.46. The molecule has 0 saturated heterocycles. The van der Waals surface area contributed by atoms with Gasteiger partial charge >= 0.3 is 0 Å². The second kappa shape index (κ2) is 9.60. The maximum absolute atomic E-state index is 13.8. The fraction of sp³-hybridized carbons (Fsp3) is 0.182. The fourth-order valence-corrected chi connectivity index (χ4v) is 6.90. The number of H-pyrrole nitrogens is 3. The van der Waals surface area contributed by atoms with E-state index in [-0.39, 0.29) is 11.5 Å². The van der Waals surface area contributed by atoms with Gasteiger partial charge in [0.1, 0.15) is 23.6 Å². The molecule has 3 aromatic carbocycles. The number of aromatic amines is 3. The topological polar surface area (TPSA) is 120 Å². The first-order valence-electron chi connectivity index (χ1n) is 14.1. The Labute approximate surface area is 254 Å².